The molecule has 1 aliphatic heterocycles. The van der Waals surface area contributed by atoms with E-state index < -0.39 is 0 Å². The summed E-state index contributed by atoms with van der Waals surface area (Å²) in [6.07, 6.45) is 1.95. The maximum absolute atomic E-state index is 12.9. The van der Waals surface area contributed by atoms with E-state index in [1.807, 2.05) is 77.7 Å². The molecular weight excluding hydrogens is 374 g/mol. The summed E-state index contributed by atoms with van der Waals surface area (Å²) in [6, 6.07) is 27.3. The Bertz CT molecular complexity index is 935. The molecule has 0 spiro atoms. The molecular formula is C26H27NO3. The maximum atomic E-state index is 12.9. The molecule has 154 valence electrons. The van der Waals surface area contributed by atoms with Crippen LogP contribution >= 0.6 is 0 Å². The largest absolute Gasteiger partial charge is 0.457 e. The molecule has 4 rings (SSSR count). The smallest absolute Gasteiger partial charge is 0.253 e. The van der Waals surface area contributed by atoms with Gasteiger partial charge < -0.3 is 14.4 Å². The Morgan fingerprint density at radius 1 is 0.833 bits per heavy atom. The van der Waals surface area contributed by atoms with Gasteiger partial charge >= 0.3 is 0 Å². The van der Waals surface area contributed by atoms with E-state index in [-0.39, 0.29) is 5.91 Å². The van der Waals surface area contributed by atoms with Gasteiger partial charge in [-0.05, 0) is 54.7 Å². The summed E-state index contributed by atoms with van der Waals surface area (Å²) in [7, 11) is 0. The van der Waals surface area contributed by atoms with E-state index in [1.54, 1.807) is 0 Å². The van der Waals surface area contributed by atoms with Gasteiger partial charge in [0.15, 0.2) is 0 Å². The predicted octanol–water partition coefficient (Wildman–Crippen LogP) is 5.55. The minimum atomic E-state index is 0.0668. The standard InChI is InChI=1S/C26H27NO3/c28-26(23-10-7-13-25(18-23)30-24-11-5-2-6-12-24)27-16-14-22(15-17-27)20-29-19-21-8-3-1-4-9-21/h1-13,18,22H,14-17,19-20H2. The number of carbonyl (C=O) groups excluding carboxylic acids is 1. The van der Waals surface area contributed by atoms with Gasteiger partial charge in [-0.25, -0.2) is 0 Å². The summed E-state index contributed by atoms with van der Waals surface area (Å²) in [5, 5.41) is 0. The molecule has 1 aliphatic rings. The van der Waals surface area contributed by atoms with Crippen molar-refractivity contribution in [2.45, 2.75) is 19.4 Å². The molecule has 0 saturated carbocycles. The second-order valence-corrected chi connectivity index (χ2v) is 7.68. The van der Waals surface area contributed by atoms with Crippen molar-refractivity contribution in [2.75, 3.05) is 19.7 Å². The number of benzene rings is 3. The van der Waals surface area contributed by atoms with Crippen LogP contribution in [0.3, 0.4) is 0 Å². The highest BCUT2D eigenvalue weighted by atomic mass is 16.5. The van der Waals surface area contributed by atoms with Crippen LogP contribution in [0.25, 0.3) is 0 Å². The van der Waals surface area contributed by atoms with Crippen molar-refractivity contribution in [3.05, 3.63) is 96.1 Å². The number of para-hydroxylation sites is 1. The van der Waals surface area contributed by atoms with Crippen LogP contribution in [0.4, 0.5) is 0 Å². The van der Waals surface area contributed by atoms with Crippen LogP contribution in [0.2, 0.25) is 0 Å². The van der Waals surface area contributed by atoms with Crippen molar-refractivity contribution in [3.63, 3.8) is 0 Å². The average Bonchev–Trinajstić information content (AvgIpc) is 2.81. The molecule has 0 bridgehead atoms. The number of nitrogens with zero attached hydrogens (tertiary/aromatic N) is 1. The van der Waals surface area contributed by atoms with E-state index in [0.717, 1.165) is 38.3 Å². The van der Waals surface area contributed by atoms with Crippen molar-refractivity contribution in [1.82, 2.24) is 4.90 Å². The predicted molar refractivity (Wildman–Crippen MR) is 118 cm³/mol. The van der Waals surface area contributed by atoms with Crippen LogP contribution in [-0.2, 0) is 11.3 Å². The normalized spacial score (nSPS) is 14.5. The first kappa shape index (κ1) is 20.2. The molecule has 4 nitrogen and oxygen atoms in total. The van der Waals surface area contributed by atoms with Gasteiger partial charge in [-0.1, -0.05) is 54.6 Å². The number of hydrogen-bond acceptors (Lipinski definition) is 3. The molecule has 1 fully saturated rings. The van der Waals surface area contributed by atoms with Gasteiger partial charge in [-0.15, -0.1) is 0 Å². The van der Waals surface area contributed by atoms with Crippen molar-refractivity contribution >= 4 is 5.91 Å². The summed E-state index contributed by atoms with van der Waals surface area (Å²) in [5.41, 5.74) is 1.87. The molecule has 3 aromatic carbocycles. The number of amides is 1. The highest BCUT2D eigenvalue weighted by molar-refractivity contribution is 5.94. The second kappa shape index (κ2) is 10.1. The van der Waals surface area contributed by atoms with E-state index in [0.29, 0.717) is 23.8 Å². The highest BCUT2D eigenvalue weighted by Gasteiger charge is 2.24. The Balaban J connectivity index is 1.26. The van der Waals surface area contributed by atoms with E-state index in [4.69, 9.17) is 9.47 Å². The van der Waals surface area contributed by atoms with Crippen molar-refractivity contribution in [1.29, 1.82) is 0 Å². The molecule has 3 aromatic rings. The Kier molecular flexibility index (Phi) is 6.78. The van der Waals surface area contributed by atoms with Crippen molar-refractivity contribution < 1.29 is 14.3 Å². The third-order valence-corrected chi connectivity index (χ3v) is 5.43. The molecule has 0 N–H and O–H groups in total. The molecule has 1 amide bonds. The molecule has 0 atom stereocenters. The van der Waals surface area contributed by atoms with Gasteiger partial charge in [0, 0.05) is 25.3 Å². The number of ether oxygens (including phenoxy) is 2. The molecule has 4 heteroatoms. The van der Waals surface area contributed by atoms with Gasteiger partial charge in [-0.2, -0.15) is 0 Å². The lowest BCUT2D eigenvalue weighted by Gasteiger charge is -2.32. The SMILES string of the molecule is O=C(c1cccc(Oc2ccccc2)c1)N1CCC(COCc2ccccc2)CC1. The first-order chi connectivity index (χ1) is 14.8. The first-order valence-electron chi connectivity index (χ1n) is 10.5. The Morgan fingerprint density at radius 2 is 1.50 bits per heavy atom. The van der Waals surface area contributed by atoms with Crippen molar-refractivity contribution in [2.24, 2.45) is 5.92 Å². The van der Waals surface area contributed by atoms with Crippen LogP contribution in [0, 0.1) is 5.92 Å². The molecule has 30 heavy (non-hydrogen) atoms. The lowest BCUT2D eigenvalue weighted by Crippen LogP contribution is -2.39. The minimum absolute atomic E-state index is 0.0668. The van der Waals surface area contributed by atoms with Crippen molar-refractivity contribution in [3.8, 4) is 11.5 Å². The molecule has 0 radical (unpaired) electrons. The van der Waals surface area contributed by atoms with E-state index in [2.05, 4.69) is 12.1 Å². The number of likely N-dealkylation sites (tertiary alicyclic amines) is 1. The number of piperidine rings is 1. The quantitative estimate of drug-likeness (QED) is 0.521. The monoisotopic (exact) mass is 401 g/mol. The van der Waals surface area contributed by atoms with Gasteiger partial charge in [0.2, 0.25) is 0 Å². The minimum Gasteiger partial charge on any atom is -0.457 e. The molecule has 1 heterocycles. The summed E-state index contributed by atoms with van der Waals surface area (Å²) < 4.78 is 11.8. The van der Waals surface area contributed by atoms with E-state index in [9.17, 15) is 4.79 Å². The van der Waals surface area contributed by atoms with E-state index >= 15 is 0 Å². The van der Waals surface area contributed by atoms with Gasteiger partial charge in [-0.3, -0.25) is 4.79 Å². The summed E-state index contributed by atoms with van der Waals surface area (Å²) in [4.78, 5) is 14.9. The zero-order valence-electron chi connectivity index (χ0n) is 17.1. The Morgan fingerprint density at radius 3 is 2.23 bits per heavy atom. The average molecular weight is 402 g/mol. The zero-order valence-corrected chi connectivity index (χ0v) is 17.1. The zero-order chi connectivity index (χ0) is 20.6. The molecule has 0 aliphatic carbocycles. The molecule has 0 unspecified atom stereocenters. The Hall–Kier alpha value is -3.11. The third-order valence-electron chi connectivity index (χ3n) is 5.43. The lowest BCUT2D eigenvalue weighted by molar-refractivity contribution is 0.0478. The van der Waals surface area contributed by atoms with Crippen LogP contribution in [0.15, 0.2) is 84.9 Å². The summed E-state index contributed by atoms with van der Waals surface area (Å²) in [5.74, 6) is 2.01. The topological polar surface area (TPSA) is 38.8 Å². The van der Waals surface area contributed by atoms with Gasteiger partial charge in [0.05, 0.1) is 6.61 Å². The number of rotatable bonds is 7. The van der Waals surface area contributed by atoms with E-state index in [1.165, 1.54) is 5.56 Å². The second-order valence-electron chi connectivity index (χ2n) is 7.68. The fraction of sp³-hybridized carbons (Fsp3) is 0.269. The maximum Gasteiger partial charge on any atom is 0.253 e. The lowest BCUT2D eigenvalue weighted by atomic mass is 9.97. The Labute approximate surface area is 178 Å². The summed E-state index contributed by atoms with van der Waals surface area (Å²) >= 11 is 0. The van der Waals surface area contributed by atoms with Crippen LogP contribution in [0.5, 0.6) is 11.5 Å². The highest BCUT2D eigenvalue weighted by Crippen LogP contribution is 2.24. The number of carbonyl (C=O) groups is 1. The van der Waals surface area contributed by atoms with Crippen LogP contribution < -0.4 is 4.74 Å². The van der Waals surface area contributed by atoms with Crippen LogP contribution in [-0.4, -0.2) is 30.5 Å². The fourth-order valence-corrected chi connectivity index (χ4v) is 3.72. The number of hydrogen-bond donors (Lipinski definition) is 0. The first-order valence-corrected chi connectivity index (χ1v) is 10.5. The molecule has 1 saturated heterocycles. The molecule has 0 aromatic heterocycles. The third kappa shape index (κ3) is 5.49. The van der Waals surface area contributed by atoms with Gasteiger partial charge in [0.25, 0.3) is 5.91 Å². The van der Waals surface area contributed by atoms with Crippen LogP contribution in [0.1, 0.15) is 28.8 Å². The van der Waals surface area contributed by atoms with Gasteiger partial charge in [0.1, 0.15) is 11.5 Å². The fourth-order valence-electron chi connectivity index (χ4n) is 3.72. The summed E-state index contributed by atoms with van der Waals surface area (Å²) in [6.45, 7) is 2.93.